The van der Waals surface area contributed by atoms with E-state index in [0.717, 1.165) is 11.1 Å². The molecule has 0 N–H and O–H groups in total. The second-order valence-electron chi connectivity index (χ2n) is 3.89. The van der Waals surface area contributed by atoms with E-state index in [0.29, 0.717) is 11.5 Å². The lowest BCUT2D eigenvalue weighted by atomic mass is 10.1. The van der Waals surface area contributed by atoms with Gasteiger partial charge in [0.2, 0.25) is 0 Å². The predicted molar refractivity (Wildman–Crippen MR) is 68.3 cm³/mol. The zero-order chi connectivity index (χ0) is 12.4. The Labute approximate surface area is 105 Å². The lowest BCUT2D eigenvalue weighted by molar-refractivity contribution is 0.202. The average Bonchev–Trinajstić information content (AvgIpc) is 2.83. The van der Waals surface area contributed by atoms with Crippen LogP contribution < -0.4 is 5.32 Å². The van der Waals surface area contributed by atoms with Crippen LogP contribution in [0.1, 0.15) is 11.1 Å². The molecule has 0 saturated heterocycles. The molecule has 1 aliphatic rings. The molecule has 2 aromatic rings. The molecule has 1 aliphatic heterocycles. The van der Waals surface area contributed by atoms with E-state index in [2.05, 4.69) is 5.32 Å². The summed E-state index contributed by atoms with van der Waals surface area (Å²) in [7, 11) is 0. The molecule has 3 rings (SSSR count). The second-order valence-corrected chi connectivity index (χ2v) is 3.89. The SMILES string of the molecule is O=C1[N]C(c2ccccc2)=C(c2ccccc2)O1. The van der Waals surface area contributed by atoms with Gasteiger partial charge in [-0.25, -0.2) is 4.79 Å². The Morgan fingerprint density at radius 3 is 1.94 bits per heavy atom. The van der Waals surface area contributed by atoms with Crippen molar-refractivity contribution in [1.29, 1.82) is 0 Å². The molecule has 3 heteroatoms. The van der Waals surface area contributed by atoms with Crippen molar-refractivity contribution in [3.63, 3.8) is 0 Å². The molecule has 0 bridgehead atoms. The van der Waals surface area contributed by atoms with Gasteiger partial charge in [0.05, 0.1) is 0 Å². The average molecular weight is 236 g/mol. The molecule has 0 saturated carbocycles. The first kappa shape index (κ1) is 10.6. The van der Waals surface area contributed by atoms with Crippen molar-refractivity contribution in [1.82, 2.24) is 5.32 Å². The summed E-state index contributed by atoms with van der Waals surface area (Å²) in [6.45, 7) is 0. The Hall–Kier alpha value is -2.55. The van der Waals surface area contributed by atoms with Gasteiger partial charge < -0.3 is 4.74 Å². The summed E-state index contributed by atoms with van der Waals surface area (Å²) >= 11 is 0. The maximum absolute atomic E-state index is 11.4. The highest BCUT2D eigenvalue weighted by molar-refractivity contribution is 6.01. The molecule has 0 aliphatic carbocycles. The van der Waals surface area contributed by atoms with Crippen LogP contribution in [0.2, 0.25) is 0 Å². The van der Waals surface area contributed by atoms with Gasteiger partial charge in [0.15, 0.2) is 5.76 Å². The molecule has 0 unspecified atom stereocenters. The fourth-order valence-corrected chi connectivity index (χ4v) is 1.88. The maximum atomic E-state index is 11.4. The number of carbonyl (C=O) groups is 1. The standard InChI is InChI=1S/C15H10NO2/c17-15-16-13(11-7-3-1-4-8-11)14(18-15)12-9-5-2-6-10-12/h1-10H. The van der Waals surface area contributed by atoms with Crippen LogP contribution in [0.3, 0.4) is 0 Å². The third kappa shape index (κ3) is 1.86. The largest absolute Gasteiger partial charge is 0.439 e. The van der Waals surface area contributed by atoms with Crippen LogP contribution in [0.25, 0.3) is 11.5 Å². The van der Waals surface area contributed by atoms with Gasteiger partial charge in [-0.1, -0.05) is 60.7 Å². The molecule has 1 heterocycles. The van der Waals surface area contributed by atoms with Gasteiger partial charge in [-0.3, -0.25) is 0 Å². The number of hydrogen-bond donors (Lipinski definition) is 0. The Morgan fingerprint density at radius 2 is 1.33 bits per heavy atom. The minimum atomic E-state index is -0.562. The first-order valence-electron chi connectivity index (χ1n) is 5.63. The minimum Gasteiger partial charge on any atom is -0.406 e. The lowest BCUT2D eigenvalue weighted by Gasteiger charge is -2.03. The number of hydrogen-bond acceptors (Lipinski definition) is 2. The molecule has 2 aromatic carbocycles. The Kier molecular flexibility index (Phi) is 2.57. The van der Waals surface area contributed by atoms with Crippen LogP contribution in [0.4, 0.5) is 4.79 Å². The van der Waals surface area contributed by atoms with E-state index < -0.39 is 6.09 Å². The molecule has 0 spiro atoms. The lowest BCUT2D eigenvalue weighted by Crippen LogP contribution is -2.04. The molecule has 3 nitrogen and oxygen atoms in total. The van der Waals surface area contributed by atoms with Gasteiger partial charge in [-0.15, -0.1) is 0 Å². The molecule has 0 aromatic heterocycles. The summed E-state index contributed by atoms with van der Waals surface area (Å²) in [5.74, 6) is 0.520. The van der Waals surface area contributed by atoms with E-state index in [1.165, 1.54) is 0 Å². The summed E-state index contributed by atoms with van der Waals surface area (Å²) in [5.41, 5.74) is 2.32. The minimum absolute atomic E-state index is 0.520. The Morgan fingerprint density at radius 1 is 0.778 bits per heavy atom. The second kappa shape index (κ2) is 4.37. The zero-order valence-corrected chi connectivity index (χ0v) is 9.54. The highest BCUT2D eigenvalue weighted by atomic mass is 16.6. The summed E-state index contributed by atoms with van der Waals surface area (Å²) in [4.78, 5) is 11.4. The fraction of sp³-hybridized carbons (Fsp3) is 0. The number of nitrogens with zero attached hydrogens (tertiary/aromatic N) is 1. The number of cyclic esters (lactones) is 1. The number of benzene rings is 2. The molecule has 87 valence electrons. The van der Waals surface area contributed by atoms with Crippen LogP contribution in [0.15, 0.2) is 60.7 Å². The van der Waals surface area contributed by atoms with Gasteiger partial charge in [0, 0.05) is 11.1 Å². The van der Waals surface area contributed by atoms with Crippen LogP contribution in [-0.2, 0) is 4.74 Å². The van der Waals surface area contributed by atoms with Crippen LogP contribution in [-0.4, -0.2) is 6.09 Å². The third-order valence-electron chi connectivity index (χ3n) is 2.69. The highest BCUT2D eigenvalue weighted by Crippen LogP contribution is 2.30. The number of carbonyl (C=O) groups excluding carboxylic acids is 1. The van der Waals surface area contributed by atoms with Crippen molar-refractivity contribution in [2.45, 2.75) is 0 Å². The normalized spacial score (nSPS) is 14.3. The molecule has 18 heavy (non-hydrogen) atoms. The Bertz CT molecular complexity index is 549. The molecule has 1 amide bonds. The van der Waals surface area contributed by atoms with E-state index in [1.807, 2.05) is 60.7 Å². The highest BCUT2D eigenvalue weighted by Gasteiger charge is 2.27. The van der Waals surface area contributed by atoms with Crippen molar-refractivity contribution >= 4 is 17.5 Å². The van der Waals surface area contributed by atoms with E-state index in [1.54, 1.807) is 0 Å². The van der Waals surface area contributed by atoms with Gasteiger partial charge in [-0.05, 0) is 0 Å². The molecule has 0 atom stereocenters. The third-order valence-corrected chi connectivity index (χ3v) is 2.69. The maximum Gasteiger partial charge on any atom is 0.439 e. The molecular formula is C15H10NO2. The van der Waals surface area contributed by atoms with Crippen molar-refractivity contribution in [2.75, 3.05) is 0 Å². The van der Waals surface area contributed by atoms with Crippen molar-refractivity contribution in [3.8, 4) is 0 Å². The van der Waals surface area contributed by atoms with Crippen molar-refractivity contribution in [3.05, 3.63) is 71.8 Å². The van der Waals surface area contributed by atoms with Crippen LogP contribution in [0.5, 0.6) is 0 Å². The summed E-state index contributed by atoms with van der Waals surface area (Å²) in [6, 6.07) is 19.1. The van der Waals surface area contributed by atoms with E-state index >= 15 is 0 Å². The van der Waals surface area contributed by atoms with Crippen LogP contribution in [0, 0.1) is 0 Å². The molecule has 1 radical (unpaired) electrons. The first-order chi connectivity index (χ1) is 8.84. The molecule has 0 fully saturated rings. The van der Waals surface area contributed by atoms with Gasteiger partial charge in [0.1, 0.15) is 5.70 Å². The van der Waals surface area contributed by atoms with E-state index in [4.69, 9.17) is 4.74 Å². The number of amides is 1. The number of ether oxygens (including phenoxy) is 1. The smallest absolute Gasteiger partial charge is 0.406 e. The Balaban J connectivity index is 2.11. The summed E-state index contributed by atoms with van der Waals surface area (Å²) in [5, 5.41) is 3.94. The predicted octanol–water partition coefficient (Wildman–Crippen LogP) is 3.27. The van der Waals surface area contributed by atoms with Crippen LogP contribution >= 0.6 is 0 Å². The van der Waals surface area contributed by atoms with E-state index in [-0.39, 0.29) is 0 Å². The monoisotopic (exact) mass is 236 g/mol. The summed E-state index contributed by atoms with van der Waals surface area (Å²) in [6.07, 6.45) is -0.562. The van der Waals surface area contributed by atoms with Gasteiger partial charge in [-0.2, -0.15) is 5.32 Å². The first-order valence-corrected chi connectivity index (χ1v) is 5.63. The van der Waals surface area contributed by atoms with Crippen molar-refractivity contribution < 1.29 is 9.53 Å². The number of rotatable bonds is 2. The molecular weight excluding hydrogens is 226 g/mol. The quantitative estimate of drug-likeness (QED) is 0.802. The summed E-state index contributed by atoms with van der Waals surface area (Å²) < 4.78 is 5.19. The van der Waals surface area contributed by atoms with Gasteiger partial charge in [0.25, 0.3) is 0 Å². The van der Waals surface area contributed by atoms with Gasteiger partial charge >= 0.3 is 6.09 Å². The fourth-order valence-electron chi connectivity index (χ4n) is 1.88. The zero-order valence-electron chi connectivity index (χ0n) is 9.54. The van der Waals surface area contributed by atoms with Crippen molar-refractivity contribution in [2.24, 2.45) is 0 Å². The van der Waals surface area contributed by atoms with E-state index in [9.17, 15) is 4.79 Å². The topological polar surface area (TPSA) is 40.4 Å².